The largest absolute Gasteiger partial charge is 0.380 e. The van der Waals surface area contributed by atoms with Crippen molar-refractivity contribution in [2.45, 2.75) is 26.3 Å². The van der Waals surface area contributed by atoms with E-state index in [1.165, 1.54) is 5.56 Å². The van der Waals surface area contributed by atoms with Gasteiger partial charge in [0.25, 0.3) is 0 Å². The maximum absolute atomic E-state index is 4.50. The Morgan fingerprint density at radius 3 is 2.94 bits per heavy atom. The Hall–Kier alpha value is -1.77. The molecule has 0 unspecified atom stereocenters. The van der Waals surface area contributed by atoms with Crippen LogP contribution in [0.1, 0.15) is 25.2 Å². The van der Waals surface area contributed by atoms with Crippen LogP contribution >= 0.6 is 0 Å². The molecular weight excluding hydrogens is 198 g/mol. The quantitative estimate of drug-likeness (QED) is 0.852. The predicted molar refractivity (Wildman–Crippen MR) is 66.3 cm³/mol. The van der Waals surface area contributed by atoms with Crippen molar-refractivity contribution < 1.29 is 0 Å². The Balaban J connectivity index is 2.62. The first kappa shape index (κ1) is 10.7. The second-order valence-electron chi connectivity index (χ2n) is 4.50. The maximum Gasteiger partial charge on any atom is 0.138 e. The number of pyridine rings is 1. The summed E-state index contributed by atoms with van der Waals surface area (Å²) in [6.45, 7) is 9.98. The van der Waals surface area contributed by atoms with Gasteiger partial charge in [0.1, 0.15) is 5.82 Å². The van der Waals surface area contributed by atoms with Gasteiger partial charge in [0, 0.05) is 6.20 Å². The number of rotatable bonds is 3. The van der Waals surface area contributed by atoms with Crippen LogP contribution in [0.25, 0.3) is 5.52 Å². The molecule has 0 aliphatic heterocycles. The summed E-state index contributed by atoms with van der Waals surface area (Å²) in [6.07, 6.45) is 5.66. The Morgan fingerprint density at radius 1 is 1.50 bits per heavy atom. The van der Waals surface area contributed by atoms with E-state index in [-0.39, 0.29) is 5.54 Å². The van der Waals surface area contributed by atoms with E-state index >= 15 is 0 Å². The van der Waals surface area contributed by atoms with Gasteiger partial charge in [-0.3, -0.25) is 0 Å². The van der Waals surface area contributed by atoms with Crippen LogP contribution in [0.3, 0.4) is 0 Å². The first-order valence-corrected chi connectivity index (χ1v) is 5.38. The Bertz CT molecular complexity index is 523. The molecule has 3 nitrogen and oxygen atoms in total. The van der Waals surface area contributed by atoms with E-state index in [9.17, 15) is 0 Å². The lowest BCUT2D eigenvalue weighted by Gasteiger charge is -2.23. The third-order valence-electron chi connectivity index (χ3n) is 2.80. The molecule has 2 aromatic heterocycles. The molecule has 0 aliphatic rings. The molecule has 0 amide bonds. The van der Waals surface area contributed by atoms with Gasteiger partial charge < -0.3 is 9.72 Å². The molecule has 0 aliphatic carbocycles. The van der Waals surface area contributed by atoms with Gasteiger partial charge in [0.2, 0.25) is 0 Å². The molecule has 0 fully saturated rings. The molecule has 0 bridgehead atoms. The van der Waals surface area contributed by atoms with Crippen LogP contribution < -0.4 is 5.32 Å². The summed E-state index contributed by atoms with van der Waals surface area (Å²) < 4.78 is 2.12. The molecule has 0 saturated carbocycles. The fourth-order valence-electron chi connectivity index (χ4n) is 1.94. The average molecular weight is 215 g/mol. The van der Waals surface area contributed by atoms with E-state index in [0.717, 1.165) is 11.3 Å². The molecule has 0 spiro atoms. The van der Waals surface area contributed by atoms with Crippen molar-refractivity contribution in [2.75, 3.05) is 0 Å². The molecule has 2 aromatic rings. The number of aryl methyl sites for hydroxylation is 1. The minimum Gasteiger partial charge on any atom is -0.380 e. The first-order valence-electron chi connectivity index (χ1n) is 5.38. The highest BCUT2D eigenvalue weighted by molar-refractivity contribution is 5.53. The normalized spacial score (nSPS) is 11.7. The molecule has 2 heterocycles. The third-order valence-corrected chi connectivity index (χ3v) is 2.80. The monoisotopic (exact) mass is 215 g/mol. The number of hydrogen-bond acceptors (Lipinski definition) is 2. The van der Waals surface area contributed by atoms with Gasteiger partial charge in [0.05, 0.1) is 17.3 Å². The van der Waals surface area contributed by atoms with E-state index in [4.69, 9.17) is 0 Å². The van der Waals surface area contributed by atoms with Crippen LogP contribution in [-0.2, 0) is 5.54 Å². The number of nitrogens with one attached hydrogen (secondary N) is 1. The zero-order chi connectivity index (χ0) is 11.8. The molecule has 0 saturated heterocycles. The highest BCUT2D eigenvalue weighted by Gasteiger charge is 2.23. The lowest BCUT2D eigenvalue weighted by atomic mass is 10.1. The standard InChI is InChI=1S/C13H17N3/c1-5-15-13(3,4)12-14-9-11-10(2)7-6-8-16(11)12/h5-9,15H,1H2,2-4H3. The van der Waals surface area contributed by atoms with Crippen LogP contribution in [0.4, 0.5) is 0 Å². The number of hydrogen-bond donors (Lipinski definition) is 1. The highest BCUT2D eigenvalue weighted by atomic mass is 15.1. The summed E-state index contributed by atoms with van der Waals surface area (Å²) in [6, 6.07) is 4.13. The fourth-order valence-corrected chi connectivity index (χ4v) is 1.94. The van der Waals surface area contributed by atoms with Gasteiger partial charge in [-0.2, -0.15) is 0 Å². The van der Waals surface area contributed by atoms with Crippen LogP contribution in [0.15, 0.2) is 37.3 Å². The zero-order valence-electron chi connectivity index (χ0n) is 9.99. The van der Waals surface area contributed by atoms with Crippen LogP contribution in [0, 0.1) is 6.92 Å². The smallest absolute Gasteiger partial charge is 0.138 e. The summed E-state index contributed by atoms with van der Waals surface area (Å²) in [5.74, 6) is 0.992. The van der Waals surface area contributed by atoms with Crippen molar-refractivity contribution in [1.29, 1.82) is 0 Å². The van der Waals surface area contributed by atoms with E-state index in [0.29, 0.717) is 0 Å². The van der Waals surface area contributed by atoms with Crippen molar-refractivity contribution in [3.8, 4) is 0 Å². The lowest BCUT2D eigenvalue weighted by molar-refractivity contribution is 0.434. The Kier molecular flexibility index (Phi) is 2.46. The molecule has 3 heteroatoms. The van der Waals surface area contributed by atoms with Gasteiger partial charge in [0.15, 0.2) is 0 Å². The van der Waals surface area contributed by atoms with Crippen LogP contribution in [0.2, 0.25) is 0 Å². The lowest BCUT2D eigenvalue weighted by Crippen LogP contribution is -2.34. The molecule has 0 aromatic carbocycles. The molecule has 84 valence electrons. The van der Waals surface area contributed by atoms with Gasteiger partial charge >= 0.3 is 0 Å². The molecule has 2 rings (SSSR count). The fraction of sp³-hybridized carbons (Fsp3) is 0.308. The minimum absolute atomic E-state index is 0.220. The topological polar surface area (TPSA) is 29.3 Å². The molecule has 16 heavy (non-hydrogen) atoms. The third kappa shape index (κ3) is 1.58. The van der Waals surface area contributed by atoms with Crippen LogP contribution in [0.5, 0.6) is 0 Å². The Labute approximate surface area is 95.8 Å². The SMILES string of the molecule is C=CNC(C)(C)c1ncc2c(C)cccn12. The summed E-state index contributed by atoms with van der Waals surface area (Å²) in [5, 5.41) is 3.22. The number of imidazole rings is 1. The minimum atomic E-state index is -0.220. The van der Waals surface area contributed by atoms with Crippen molar-refractivity contribution in [3.05, 3.63) is 48.7 Å². The number of aromatic nitrogens is 2. The number of fused-ring (bicyclic) bond motifs is 1. The first-order chi connectivity index (χ1) is 7.56. The van der Waals surface area contributed by atoms with Crippen molar-refractivity contribution in [3.63, 3.8) is 0 Å². The molecule has 1 N–H and O–H groups in total. The average Bonchev–Trinajstić information content (AvgIpc) is 2.63. The summed E-state index contributed by atoms with van der Waals surface area (Å²) in [4.78, 5) is 4.50. The number of nitrogens with zero attached hydrogens (tertiary/aromatic N) is 2. The van der Waals surface area contributed by atoms with Crippen molar-refractivity contribution in [2.24, 2.45) is 0 Å². The maximum atomic E-state index is 4.50. The highest BCUT2D eigenvalue weighted by Crippen LogP contribution is 2.21. The second-order valence-corrected chi connectivity index (χ2v) is 4.50. The van der Waals surface area contributed by atoms with Crippen LogP contribution in [-0.4, -0.2) is 9.38 Å². The second kappa shape index (κ2) is 3.67. The molecule has 0 atom stereocenters. The van der Waals surface area contributed by atoms with E-state index in [2.05, 4.69) is 48.1 Å². The summed E-state index contributed by atoms with van der Waals surface area (Å²) >= 11 is 0. The van der Waals surface area contributed by atoms with E-state index in [1.807, 2.05) is 18.5 Å². The van der Waals surface area contributed by atoms with Gasteiger partial charge in [-0.25, -0.2) is 4.98 Å². The zero-order valence-corrected chi connectivity index (χ0v) is 9.99. The van der Waals surface area contributed by atoms with Crippen molar-refractivity contribution in [1.82, 2.24) is 14.7 Å². The van der Waals surface area contributed by atoms with E-state index < -0.39 is 0 Å². The summed E-state index contributed by atoms with van der Waals surface area (Å²) in [7, 11) is 0. The van der Waals surface area contributed by atoms with Crippen molar-refractivity contribution >= 4 is 5.52 Å². The Morgan fingerprint density at radius 2 is 2.25 bits per heavy atom. The predicted octanol–water partition coefficient (Wildman–Crippen LogP) is 2.61. The van der Waals surface area contributed by atoms with E-state index in [1.54, 1.807) is 6.20 Å². The van der Waals surface area contributed by atoms with Gasteiger partial charge in [-0.05, 0) is 38.6 Å². The van der Waals surface area contributed by atoms with Gasteiger partial charge in [-0.1, -0.05) is 12.6 Å². The molecule has 0 radical (unpaired) electrons. The summed E-state index contributed by atoms with van der Waals surface area (Å²) in [5.41, 5.74) is 2.16. The molecular formula is C13H17N3. The van der Waals surface area contributed by atoms with Gasteiger partial charge in [-0.15, -0.1) is 0 Å².